The summed E-state index contributed by atoms with van der Waals surface area (Å²) in [5.74, 6) is 0. The first-order valence-corrected chi connectivity index (χ1v) is 11.5. The number of hydrogen-bond acceptors (Lipinski definition) is 4. The Balaban J connectivity index is 2.01. The van der Waals surface area contributed by atoms with E-state index in [1.807, 2.05) is 0 Å². The van der Waals surface area contributed by atoms with Crippen LogP contribution in [0.1, 0.15) is 11.3 Å². The molecule has 2 heterocycles. The Morgan fingerprint density at radius 1 is 1.03 bits per heavy atom. The Bertz CT molecular complexity index is 1610. The Kier molecular flexibility index (Phi) is 5.45. The van der Waals surface area contributed by atoms with Crippen molar-refractivity contribution < 1.29 is 21.6 Å². The van der Waals surface area contributed by atoms with Crippen LogP contribution in [0.5, 0.6) is 0 Å². The molecule has 8 nitrogen and oxygen atoms in total. The smallest absolute Gasteiger partial charge is 0.264 e. The fourth-order valence-electron chi connectivity index (χ4n) is 3.66. The standard InChI is InChI=1S/C22H16F3N5O3S/c1-14-20(19-11-12-27-29(19)17-9-7-16(26-2)8-10-17)30(34(3,32)33)21(31)28(14)18-6-4-5-15(13-18)22(23,24)25/h4-13H,1,3H3. The second-order valence-electron chi connectivity index (χ2n) is 7.38. The van der Waals surface area contributed by atoms with Crippen molar-refractivity contribution in [3.05, 3.63) is 94.0 Å². The zero-order valence-electron chi connectivity index (χ0n) is 17.8. The van der Waals surface area contributed by atoms with Crippen molar-refractivity contribution in [2.24, 2.45) is 0 Å². The van der Waals surface area contributed by atoms with Gasteiger partial charge in [-0.3, -0.25) is 4.57 Å². The molecule has 0 aliphatic heterocycles. The summed E-state index contributed by atoms with van der Waals surface area (Å²) < 4.78 is 67.9. The van der Waals surface area contributed by atoms with Crippen molar-refractivity contribution >= 4 is 15.7 Å². The van der Waals surface area contributed by atoms with Crippen LogP contribution >= 0.6 is 0 Å². The fraction of sp³-hybridized carbons (Fsp3) is 0.136. The number of benzene rings is 2. The molecule has 0 aliphatic rings. The molecule has 0 radical (unpaired) electrons. The molecule has 34 heavy (non-hydrogen) atoms. The summed E-state index contributed by atoms with van der Waals surface area (Å²) >= 11 is 0. The molecule has 0 bridgehead atoms. The maximum atomic E-state index is 13.3. The van der Waals surface area contributed by atoms with Gasteiger partial charge in [0.2, 0.25) is 10.0 Å². The van der Waals surface area contributed by atoms with Gasteiger partial charge in [0, 0.05) is 0 Å². The molecule has 174 valence electrons. The Morgan fingerprint density at radius 3 is 2.29 bits per heavy atom. The van der Waals surface area contributed by atoms with Crippen LogP contribution in [0.4, 0.5) is 18.9 Å². The second-order valence-corrected chi connectivity index (χ2v) is 9.22. The summed E-state index contributed by atoms with van der Waals surface area (Å²) in [7, 11) is -4.17. The molecule has 4 rings (SSSR count). The largest absolute Gasteiger partial charge is 0.416 e. The minimum absolute atomic E-state index is 0.0448. The molecule has 0 N–H and O–H groups in total. The molecular formula is C22H16F3N5O3S. The molecule has 0 aliphatic carbocycles. The Labute approximate surface area is 192 Å². The summed E-state index contributed by atoms with van der Waals surface area (Å²) in [6.07, 6.45) is -2.42. The van der Waals surface area contributed by atoms with Gasteiger partial charge in [-0.1, -0.05) is 18.2 Å². The van der Waals surface area contributed by atoms with Crippen molar-refractivity contribution in [3.8, 4) is 22.8 Å². The number of imidazole rings is 1. The molecule has 0 saturated heterocycles. The zero-order chi connectivity index (χ0) is 24.8. The van der Waals surface area contributed by atoms with Crippen LogP contribution in [0.15, 0.2) is 65.6 Å². The van der Waals surface area contributed by atoms with Crippen molar-refractivity contribution in [2.75, 3.05) is 6.26 Å². The van der Waals surface area contributed by atoms with Gasteiger partial charge in [-0.15, -0.1) is 0 Å². The number of rotatable bonds is 4. The molecular weight excluding hydrogens is 471 g/mol. The van der Waals surface area contributed by atoms with Crippen molar-refractivity contribution in [1.29, 1.82) is 0 Å². The highest BCUT2D eigenvalue weighted by Crippen LogP contribution is 2.32. The highest BCUT2D eigenvalue weighted by molar-refractivity contribution is 7.89. The molecule has 0 unspecified atom stereocenters. The molecule has 0 spiro atoms. The van der Waals surface area contributed by atoms with Crippen LogP contribution in [0.3, 0.4) is 0 Å². The summed E-state index contributed by atoms with van der Waals surface area (Å²) in [4.78, 5) is 16.6. The van der Waals surface area contributed by atoms with Crippen LogP contribution in [-0.2, 0) is 16.2 Å². The van der Waals surface area contributed by atoms with Crippen LogP contribution in [0.2, 0.25) is 0 Å². The van der Waals surface area contributed by atoms with Gasteiger partial charge in [0.05, 0.1) is 47.4 Å². The molecule has 0 amide bonds. The van der Waals surface area contributed by atoms with Crippen molar-refractivity contribution in [1.82, 2.24) is 18.3 Å². The minimum Gasteiger partial charge on any atom is -0.264 e. The summed E-state index contributed by atoms with van der Waals surface area (Å²) in [6, 6.07) is 11.9. The molecule has 0 atom stereocenters. The minimum atomic E-state index is -4.65. The molecule has 2 aromatic heterocycles. The Hall–Kier alpha value is -4.11. The van der Waals surface area contributed by atoms with Gasteiger partial charge in [-0.25, -0.2) is 22.7 Å². The molecule has 2 aromatic carbocycles. The van der Waals surface area contributed by atoms with Gasteiger partial charge in [-0.2, -0.15) is 22.2 Å². The fourth-order valence-corrected chi connectivity index (χ4v) is 4.58. The van der Waals surface area contributed by atoms with E-state index in [9.17, 15) is 26.4 Å². The van der Waals surface area contributed by atoms with Crippen molar-refractivity contribution in [2.45, 2.75) is 13.1 Å². The van der Waals surface area contributed by atoms with Crippen LogP contribution in [-0.4, -0.2) is 33.0 Å². The van der Waals surface area contributed by atoms with Crippen molar-refractivity contribution in [3.63, 3.8) is 0 Å². The topological polar surface area (TPSA) is 83.2 Å². The van der Waals surface area contributed by atoms with E-state index in [-0.39, 0.29) is 22.8 Å². The lowest BCUT2D eigenvalue weighted by Gasteiger charge is -2.11. The van der Waals surface area contributed by atoms with Crippen LogP contribution in [0, 0.1) is 13.5 Å². The van der Waals surface area contributed by atoms with E-state index < -0.39 is 27.5 Å². The monoisotopic (exact) mass is 487 g/mol. The van der Waals surface area contributed by atoms with E-state index >= 15 is 0 Å². The summed E-state index contributed by atoms with van der Waals surface area (Å²) in [6.45, 7) is 8.52. The molecule has 4 aromatic rings. The van der Waals surface area contributed by atoms with E-state index in [1.165, 1.54) is 29.9 Å². The number of nitrogens with zero attached hydrogens (tertiary/aromatic N) is 5. The van der Waals surface area contributed by atoms with Gasteiger partial charge in [-0.05, 0) is 43.3 Å². The summed E-state index contributed by atoms with van der Waals surface area (Å²) in [5, 5.41) is 4.21. The maximum Gasteiger partial charge on any atom is 0.416 e. The second kappa shape index (κ2) is 8.03. The van der Waals surface area contributed by atoms with Gasteiger partial charge in [0.25, 0.3) is 0 Å². The third-order valence-electron chi connectivity index (χ3n) is 5.12. The van der Waals surface area contributed by atoms with Gasteiger partial charge < -0.3 is 0 Å². The number of hydrogen-bond donors (Lipinski definition) is 0. The predicted molar refractivity (Wildman–Crippen MR) is 119 cm³/mol. The van der Waals surface area contributed by atoms with E-state index in [0.29, 0.717) is 15.3 Å². The van der Waals surface area contributed by atoms with Crippen LogP contribution < -0.4 is 5.69 Å². The average molecular weight is 487 g/mol. The first-order chi connectivity index (χ1) is 15.9. The van der Waals surface area contributed by atoms with Gasteiger partial charge >= 0.3 is 11.9 Å². The number of alkyl halides is 3. The highest BCUT2D eigenvalue weighted by atomic mass is 32.2. The first kappa shape index (κ1) is 23.1. The van der Waals surface area contributed by atoms with E-state index in [0.717, 1.165) is 29.0 Å². The number of halogens is 3. The normalized spacial score (nSPS) is 12.0. The lowest BCUT2D eigenvalue weighted by Crippen LogP contribution is -2.29. The third kappa shape index (κ3) is 3.90. The van der Waals surface area contributed by atoms with Gasteiger partial charge in [0.1, 0.15) is 5.69 Å². The zero-order valence-corrected chi connectivity index (χ0v) is 18.6. The predicted octanol–water partition coefficient (Wildman–Crippen LogP) is 4.18. The highest BCUT2D eigenvalue weighted by Gasteiger charge is 2.32. The summed E-state index contributed by atoms with van der Waals surface area (Å²) in [5.41, 5.74) is -0.982. The first-order valence-electron chi connectivity index (χ1n) is 9.68. The van der Waals surface area contributed by atoms with E-state index in [2.05, 4.69) is 9.94 Å². The molecule has 0 fully saturated rings. The SMILES string of the molecule is [C-]#[N+]c1ccc(-n2nccc2-c2c(C)n(-c3cccc(C(F)(F)F)c3)c(=O)n2S(C)(=O)=O)cc1. The van der Waals surface area contributed by atoms with Crippen LogP contribution in [0.25, 0.3) is 27.6 Å². The lowest BCUT2D eigenvalue weighted by atomic mass is 10.2. The Morgan fingerprint density at radius 2 is 1.71 bits per heavy atom. The third-order valence-corrected chi connectivity index (χ3v) is 6.12. The average Bonchev–Trinajstić information content (AvgIpc) is 3.35. The quantitative estimate of drug-likeness (QED) is 0.405. The maximum absolute atomic E-state index is 13.3. The van der Waals surface area contributed by atoms with E-state index in [1.54, 1.807) is 24.3 Å². The molecule has 12 heteroatoms. The van der Waals surface area contributed by atoms with E-state index in [4.69, 9.17) is 6.57 Å². The molecule has 0 saturated carbocycles. The number of aromatic nitrogens is 4. The van der Waals surface area contributed by atoms with Gasteiger partial charge in [0.15, 0.2) is 5.69 Å². The lowest BCUT2D eigenvalue weighted by molar-refractivity contribution is -0.137.